The topological polar surface area (TPSA) is 55.1 Å². The van der Waals surface area contributed by atoms with Crippen molar-refractivity contribution in [1.82, 2.24) is 10.5 Å². The van der Waals surface area contributed by atoms with E-state index in [-0.39, 0.29) is 12.5 Å². The minimum absolute atomic E-state index is 0.176. The normalized spacial score (nSPS) is 10.6. The van der Waals surface area contributed by atoms with E-state index in [1.165, 1.54) is 16.8 Å². The Balaban J connectivity index is 1.64. The highest BCUT2D eigenvalue weighted by Gasteiger charge is 2.11. The molecule has 4 nitrogen and oxygen atoms in total. The van der Waals surface area contributed by atoms with Gasteiger partial charge in [-0.15, -0.1) is 11.3 Å². The Morgan fingerprint density at radius 3 is 2.73 bits per heavy atom. The fraction of sp³-hybridized carbons (Fsp3) is 0.0667. The molecule has 1 amide bonds. The van der Waals surface area contributed by atoms with Gasteiger partial charge in [-0.1, -0.05) is 46.5 Å². The lowest BCUT2D eigenvalue weighted by Crippen LogP contribution is -2.21. The van der Waals surface area contributed by atoms with Crippen LogP contribution >= 0.6 is 22.9 Å². The number of thiophene rings is 1. The molecule has 0 saturated carbocycles. The quantitative estimate of drug-likeness (QED) is 0.747. The predicted octanol–water partition coefficient (Wildman–Crippen LogP) is 2.24. The minimum Gasteiger partial charge on any atom is -0.359 e. The molecule has 110 valence electrons. The van der Waals surface area contributed by atoms with Crippen LogP contribution in [-0.4, -0.2) is 18.9 Å². The summed E-state index contributed by atoms with van der Waals surface area (Å²) in [6.07, 6.45) is 0. The van der Waals surface area contributed by atoms with Gasteiger partial charge in [0.1, 0.15) is 13.5 Å². The first kappa shape index (κ1) is 14.9. The Kier molecular flexibility index (Phi) is 4.31. The molecule has 7 heteroatoms. The van der Waals surface area contributed by atoms with Crippen LogP contribution in [0.15, 0.2) is 47.0 Å². The van der Waals surface area contributed by atoms with Crippen LogP contribution < -0.4 is 10.8 Å². The summed E-state index contributed by atoms with van der Waals surface area (Å²) in [5, 5.41) is 6.81. The van der Waals surface area contributed by atoms with Crippen molar-refractivity contribution in [3.05, 3.63) is 57.4 Å². The van der Waals surface area contributed by atoms with E-state index in [9.17, 15) is 4.79 Å². The van der Waals surface area contributed by atoms with Crippen molar-refractivity contribution in [1.29, 1.82) is 0 Å². The maximum Gasteiger partial charge on any atom is 0.261 e. The zero-order valence-electron chi connectivity index (χ0n) is 11.8. The lowest BCUT2D eigenvalue weighted by atomic mass is 9.95. The summed E-state index contributed by atoms with van der Waals surface area (Å²) in [4.78, 5) is 12.5. The minimum atomic E-state index is -0.176. The van der Waals surface area contributed by atoms with Gasteiger partial charge in [0, 0.05) is 11.6 Å². The van der Waals surface area contributed by atoms with Crippen LogP contribution in [0.3, 0.4) is 0 Å². The Hall–Kier alpha value is -2.05. The molecule has 0 radical (unpaired) electrons. The number of nitrogens with zero attached hydrogens (tertiary/aromatic N) is 1. The number of carbonyl (C=O) groups excluding carboxylic acids is 1. The number of nitrogens with one attached hydrogen (secondary N) is 1. The van der Waals surface area contributed by atoms with Gasteiger partial charge in [-0.3, -0.25) is 4.79 Å². The first-order chi connectivity index (χ1) is 10.6. The molecule has 0 saturated heterocycles. The van der Waals surface area contributed by atoms with Crippen molar-refractivity contribution in [2.45, 2.75) is 6.54 Å². The summed E-state index contributed by atoms with van der Waals surface area (Å²) in [6, 6.07) is 13.2. The Morgan fingerprint density at radius 1 is 1.27 bits per heavy atom. The molecule has 2 aromatic heterocycles. The highest BCUT2D eigenvalue weighted by Crippen LogP contribution is 2.21. The second-order valence-corrected chi connectivity index (χ2v) is 6.55. The molecule has 2 heterocycles. The van der Waals surface area contributed by atoms with Crippen molar-refractivity contribution in [2.24, 2.45) is 0 Å². The van der Waals surface area contributed by atoms with Crippen LogP contribution in [0.5, 0.6) is 0 Å². The number of aromatic nitrogens is 1. The Labute approximate surface area is 137 Å². The molecule has 0 fully saturated rings. The highest BCUT2D eigenvalue weighted by atomic mass is 35.5. The zero-order chi connectivity index (χ0) is 15.5. The molecule has 1 N–H and O–H groups in total. The van der Waals surface area contributed by atoms with Gasteiger partial charge in [0.2, 0.25) is 0 Å². The molecular weight excluding hydrogens is 319 g/mol. The van der Waals surface area contributed by atoms with Crippen molar-refractivity contribution in [3.63, 3.8) is 0 Å². The molecule has 0 unspecified atom stereocenters. The molecule has 0 aliphatic rings. The molecule has 0 bridgehead atoms. The lowest BCUT2D eigenvalue weighted by molar-refractivity contribution is 0.0951. The summed E-state index contributed by atoms with van der Waals surface area (Å²) in [6.45, 7) is 0.285. The van der Waals surface area contributed by atoms with Crippen LogP contribution in [-0.2, 0) is 6.54 Å². The summed E-state index contributed by atoms with van der Waals surface area (Å²) < 4.78 is 5.84. The molecule has 0 aliphatic carbocycles. The molecule has 1 aromatic carbocycles. The summed E-state index contributed by atoms with van der Waals surface area (Å²) in [5.74, 6) is 0.428. The van der Waals surface area contributed by atoms with Crippen LogP contribution in [0.4, 0.5) is 0 Å². The SMILES string of the molecule is Bc1ccc(-c2cc(CNC(=O)c3ccc(Cl)s3)on2)cc1. The number of carbonyl (C=O) groups is 1. The predicted molar refractivity (Wildman–Crippen MR) is 90.6 cm³/mol. The monoisotopic (exact) mass is 330 g/mol. The van der Waals surface area contributed by atoms with E-state index < -0.39 is 0 Å². The van der Waals surface area contributed by atoms with E-state index in [0.29, 0.717) is 15.0 Å². The van der Waals surface area contributed by atoms with Crippen molar-refractivity contribution < 1.29 is 9.32 Å². The fourth-order valence-electron chi connectivity index (χ4n) is 1.95. The molecule has 0 spiro atoms. The third-order valence-electron chi connectivity index (χ3n) is 3.13. The van der Waals surface area contributed by atoms with E-state index in [0.717, 1.165) is 11.3 Å². The Bertz CT molecular complexity index is 798. The molecule has 22 heavy (non-hydrogen) atoms. The van der Waals surface area contributed by atoms with Gasteiger partial charge in [0.05, 0.1) is 15.8 Å². The van der Waals surface area contributed by atoms with Gasteiger partial charge in [-0.05, 0) is 12.1 Å². The smallest absolute Gasteiger partial charge is 0.261 e. The average molecular weight is 331 g/mol. The molecule has 3 rings (SSSR count). The summed E-state index contributed by atoms with van der Waals surface area (Å²) >= 11 is 7.06. The second kappa shape index (κ2) is 6.38. The number of amides is 1. The number of hydrogen-bond acceptors (Lipinski definition) is 4. The van der Waals surface area contributed by atoms with Crippen molar-refractivity contribution >= 4 is 42.2 Å². The number of hydrogen-bond donors (Lipinski definition) is 1. The van der Waals surface area contributed by atoms with Gasteiger partial charge < -0.3 is 9.84 Å². The highest BCUT2D eigenvalue weighted by molar-refractivity contribution is 7.17. The fourth-order valence-corrected chi connectivity index (χ4v) is 2.91. The van der Waals surface area contributed by atoms with E-state index >= 15 is 0 Å². The van der Waals surface area contributed by atoms with E-state index in [4.69, 9.17) is 16.1 Å². The second-order valence-electron chi connectivity index (χ2n) is 4.83. The van der Waals surface area contributed by atoms with Gasteiger partial charge in [-0.25, -0.2) is 0 Å². The standard InChI is InChI=1S/C15H12BClN2O2S/c16-10-3-1-9(2-4-10)12-7-11(21-19-12)8-18-15(20)13-5-6-14(17)22-13/h1-7H,8,16H2,(H,18,20). The maximum atomic E-state index is 11.9. The van der Waals surface area contributed by atoms with E-state index in [1.807, 2.05) is 38.2 Å². The van der Waals surface area contributed by atoms with Gasteiger partial charge in [0.25, 0.3) is 5.91 Å². The molecule has 0 atom stereocenters. The molecule has 3 aromatic rings. The van der Waals surface area contributed by atoms with Gasteiger partial charge in [0.15, 0.2) is 5.76 Å². The third kappa shape index (κ3) is 3.40. The first-order valence-corrected chi connectivity index (χ1v) is 7.87. The van der Waals surface area contributed by atoms with Crippen molar-refractivity contribution in [3.8, 4) is 11.3 Å². The summed E-state index contributed by atoms with van der Waals surface area (Å²) in [5.41, 5.74) is 2.93. The lowest BCUT2D eigenvalue weighted by Gasteiger charge is -1.99. The van der Waals surface area contributed by atoms with Crippen LogP contribution in [0.25, 0.3) is 11.3 Å². The number of benzene rings is 1. The van der Waals surface area contributed by atoms with Crippen molar-refractivity contribution in [2.75, 3.05) is 0 Å². The maximum absolute atomic E-state index is 11.9. The van der Waals surface area contributed by atoms with Crippen LogP contribution in [0, 0.1) is 0 Å². The largest absolute Gasteiger partial charge is 0.359 e. The first-order valence-electron chi connectivity index (χ1n) is 6.68. The molecule has 0 aliphatic heterocycles. The Morgan fingerprint density at radius 2 is 2.05 bits per heavy atom. The zero-order valence-corrected chi connectivity index (χ0v) is 13.4. The van der Waals surface area contributed by atoms with E-state index in [2.05, 4.69) is 10.5 Å². The summed E-state index contributed by atoms with van der Waals surface area (Å²) in [7, 11) is 2.03. The van der Waals surface area contributed by atoms with E-state index in [1.54, 1.807) is 12.1 Å². The number of rotatable bonds is 4. The van der Waals surface area contributed by atoms with Gasteiger partial charge >= 0.3 is 0 Å². The van der Waals surface area contributed by atoms with Gasteiger partial charge in [-0.2, -0.15) is 0 Å². The van der Waals surface area contributed by atoms with Crippen LogP contribution in [0.2, 0.25) is 4.34 Å². The third-order valence-corrected chi connectivity index (χ3v) is 4.36. The average Bonchev–Trinajstić information content (AvgIpc) is 3.15. The number of halogens is 1. The molecular formula is C15H12BClN2O2S. The van der Waals surface area contributed by atoms with Crippen LogP contribution in [0.1, 0.15) is 15.4 Å².